The summed E-state index contributed by atoms with van der Waals surface area (Å²) in [5.41, 5.74) is 11.2. The number of carbonyl (C=O) groups is 5. The smallest absolute Gasteiger partial charge is 0.223 e. The molecule has 244 valence electrons. The SMILES string of the molecule is CC(=O)NCCCCCCCC(=O)CC(CCCCN)C(=O)NCCCCCCCC(=O)CC(CCCCN)C(C)=O. The van der Waals surface area contributed by atoms with Crippen molar-refractivity contribution < 1.29 is 24.0 Å². The van der Waals surface area contributed by atoms with Crippen LogP contribution in [0.3, 0.4) is 0 Å². The number of rotatable bonds is 30. The van der Waals surface area contributed by atoms with E-state index < -0.39 is 0 Å². The highest BCUT2D eigenvalue weighted by atomic mass is 16.2. The van der Waals surface area contributed by atoms with Crippen LogP contribution in [0.2, 0.25) is 0 Å². The normalized spacial score (nSPS) is 12.5. The van der Waals surface area contributed by atoms with Gasteiger partial charge in [0.1, 0.15) is 17.3 Å². The molecule has 9 heteroatoms. The molecule has 0 saturated carbocycles. The Morgan fingerprint density at radius 1 is 0.524 bits per heavy atom. The van der Waals surface area contributed by atoms with Gasteiger partial charge in [0, 0.05) is 57.5 Å². The highest BCUT2D eigenvalue weighted by Crippen LogP contribution is 2.18. The van der Waals surface area contributed by atoms with E-state index >= 15 is 0 Å². The predicted octanol–water partition coefficient (Wildman–Crippen LogP) is 4.92. The van der Waals surface area contributed by atoms with Crippen molar-refractivity contribution in [3.8, 4) is 0 Å². The first-order valence-electron chi connectivity index (χ1n) is 16.7. The van der Waals surface area contributed by atoms with Gasteiger partial charge in [-0.1, -0.05) is 51.4 Å². The van der Waals surface area contributed by atoms with E-state index in [1.165, 1.54) is 6.92 Å². The molecule has 0 aromatic heterocycles. The van der Waals surface area contributed by atoms with E-state index in [1.54, 1.807) is 6.92 Å². The summed E-state index contributed by atoms with van der Waals surface area (Å²) in [6.45, 7) is 5.59. The third kappa shape index (κ3) is 24.5. The van der Waals surface area contributed by atoms with Crippen molar-refractivity contribution in [1.29, 1.82) is 0 Å². The fourth-order valence-corrected chi connectivity index (χ4v) is 5.17. The zero-order valence-electron chi connectivity index (χ0n) is 26.8. The summed E-state index contributed by atoms with van der Waals surface area (Å²) >= 11 is 0. The van der Waals surface area contributed by atoms with Gasteiger partial charge in [-0.05, 0) is 71.4 Å². The average molecular weight is 595 g/mol. The van der Waals surface area contributed by atoms with Crippen molar-refractivity contribution in [2.45, 2.75) is 142 Å². The summed E-state index contributed by atoms with van der Waals surface area (Å²) in [6.07, 6.45) is 16.1. The molecule has 0 saturated heterocycles. The molecule has 0 aromatic carbocycles. The van der Waals surface area contributed by atoms with Crippen LogP contribution >= 0.6 is 0 Å². The molecule has 0 bridgehead atoms. The van der Waals surface area contributed by atoms with Gasteiger partial charge in [0.2, 0.25) is 11.8 Å². The Bertz CT molecular complexity index is 759. The number of amides is 2. The van der Waals surface area contributed by atoms with E-state index in [9.17, 15) is 24.0 Å². The molecule has 9 nitrogen and oxygen atoms in total. The number of unbranched alkanes of at least 4 members (excludes halogenated alkanes) is 10. The van der Waals surface area contributed by atoms with E-state index in [-0.39, 0.29) is 41.0 Å². The number of Topliss-reactive ketones (excluding diaryl/α,β-unsaturated/α-hetero) is 3. The van der Waals surface area contributed by atoms with Gasteiger partial charge in [-0.25, -0.2) is 0 Å². The van der Waals surface area contributed by atoms with Gasteiger partial charge in [0.15, 0.2) is 0 Å². The lowest BCUT2D eigenvalue weighted by Gasteiger charge is -2.16. The molecule has 0 radical (unpaired) electrons. The van der Waals surface area contributed by atoms with E-state index in [1.807, 2.05) is 0 Å². The Morgan fingerprint density at radius 3 is 1.43 bits per heavy atom. The molecule has 2 unspecified atom stereocenters. The van der Waals surface area contributed by atoms with E-state index in [2.05, 4.69) is 10.6 Å². The van der Waals surface area contributed by atoms with Gasteiger partial charge in [0.05, 0.1) is 0 Å². The second-order valence-corrected chi connectivity index (χ2v) is 11.9. The number of ketones is 3. The van der Waals surface area contributed by atoms with Crippen LogP contribution in [-0.4, -0.2) is 55.3 Å². The maximum absolute atomic E-state index is 12.8. The molecule has 0 aliphatic carbocycles. The molecule has 0 heterocycles. The Morgan fingerprint density at radius 2 is 0.952 bits per heavy atom. The Kier molecular flexibility index (Phi) is 26.3. The van der Waals surface area contributed by atoms with Crippen LogP contribution in [0.15, 0.2) is 0 Å². The zero-order valence-corrected chi connectivity index (χ0v) is 26.8. The minimum absolute atomic E-state index is 0.00238. The molecule has 2 atom stereocenters. The van der Waals surface area contributed by atoms with E-state index in [0.29, 0.717) is 58.3 Å². The van der Waals surface area contributed by atoms with Gasteiger partial charge >= 0.3 is 0 Å². The van der Waals surface area contributed by atoms with Crippen LogP contribution in [0.1, 0.15) is 142 Å². The summed E-state index contributed by atoms with van der Waals surface area (Å²) in [6, 6.07) is 0. The number of carbonyl (C=O) groups excluding carboxylic acids is 5. The summed E-state index contributed by atoms with van der Waals surface area (Å²) in [7, 11) is 0. The first kappa shape index (κ1) is 39.9. The largest absolute Gasteiger partial charge is 0.356 e. The minimum Gasteiger partial charge on any atom is -0.356 e. The lowest BCUT2D eigenvalue weighted by Crippen LogP contribution is -2.33. The fourth-order valence-electron chi connectivity index (χ4n) is 5.17. The van der Waals surface area contributed by atoms with E-state index in [0.717, 1.165) is 96.3 Å². The number of hydrogen-bond donors (Lipinski definition) is 4. The van der Waals surface area contributed by atoms with Gasteiger partial charge in [0.25, 0.3) is 0 Å². The van der Waals surface area contributed by atoms with Crippen LogP contribution in [0, 0.1) is 11.8 Å². The fraction of sp³-hybridized carbons (Fsp3) is 0.848. The zero-order chi connectivity index (χ0) is 31.4. The first-order valence-corrected chi connectivity index (χ1v) is 16.7. The molecule has 0 aromatic rings. The molecule has 6 N–H and O–H groups in total. The van der Waals surface area contributed by atoms with Crippen molar-refractivity contribution >= 4 is 29.2 Å². The van der Waals surface area contributed by atoms with Crippen molar-refractivity contribution in [2.75, 3.05) is 26.2 Å². The maximum Gasteiger partial charge on any atom is 0.223 e. The van der Waals surface area contributed by atoms with Crippen LogP contribution in [0.4, 0.5) is 0 Å². The molecular formula is C33H62N4O5. The summed E-state index contributed by atoms with van der Waals surface area (Å²) in [4.78, 5) is 60.4. The molecular weight excluding hydrogens is 532 g/mol. The quantitative estimate of drug-likeness (QED) is 0.0858. The lowest BCUT2D eigenvalue weighted by molar-refractivity contribution is -0.129. The summed E-state index contributed by atoms with van der Waals surface area (Å²) in [5, 5.41) is 5.83. The molecule has 0 spiro atoms. The summed E-state index contributed by atoms with van der Waals surface area (Å²) < 4.78 is 0. The van der Waals surface area contributed by atoms with Gasteiger partial charge in [-0.3, -0.25) is 24.0 Å². The molecule has 0 aliphatic heterocycles. The molecule has 0 rings (SSSR count). The number of nitrogens with one attached hydrogen (secondary N) is 2. The van der Waals surface area contributed by atoms with Crippen molar-refractivity contribution in [3.63, 3.8) is 0 Å². The van der Waals surface area contributed by atoms with Gasteiger partial charge in [-0.2, -0.15) is 0 Å². The number of nitrogens with two attached hydrogens (primary N) is 2. The topological polar surface area (TPSA) is 161 Å². The predicted molar refractivity (Wildman–Crippen MR) is 170 cm³/mol. The molecule has 42 heavy (non-hydrogen) atoms. The highest BCUT2D eigenvalue weighted by Gasteiger charge is 2.21. The lowest BCUT2D eigenvalue weighted by atomic mass is 9.91. The first-order chi connectivity index (χ1) is 20.2. The maximum atomic E-state index is 12.8. The molecule has 0 aliphatic rings. The Labute approximate surface area is 255 Å². The van der Waals surface area contributed by atoms with Crippen molar-refractivity contribution in [2.24, 2.45) is 23.3 Å². The van der Waals surface area contributed by atoms with Crippen LogP contribution < -0.4 is 22.1 Å². The standard InChI is InChI=1S/C33H62N4O5/c1-27(38)29(17-11-13-21-34)25-31(40)19-9-6-4-8-16-24-37-33(42)30(18-12-14-22-35)26-32(41)20-10-5-3-7-15-23-36-28(2)39/h29-30H,3-26,34-35H2,1-2H3,(H,36,39)(H,37,42). The highest BCUT2D eigenvalue weighted by molar-refractivity contribution is 5.87. The third-order valence-corrected chi connectivity index (χ3v) is 7.85. The minimum atomic E-state index is -0.290. The number of hydrogen-bond acceptors (Lipinski definition) is 7. The second-order valence-electron chi connectivity index (χ2n) is 11.9. The van der Waals surface area contributed by atoms with Gasteiger partial charge in [-0.15, -0.1) is 0 Å². The Hall–Kier alpha value is -2.13. The van der Waals surface area contributed by atoms with E-state index in [4.69, 9.17) is 11.5 Å². The monoisotopic (exact) mass is 594 g/mol. The van der Waals surface area contributed by atoms with Crippen LogP contribution in [-0.2, 0) is 24.0 Å². The van der Waals surface area contributed by atoms with Crippen molar-refractivity contribution in [3.05, 3.63) is 0 Å². The average Bonchev–Trinajstić information content (AvgIpc) is 2.94. The van der Waals surface area contributed by atoms with Crippen LogP contribution in [0.5, 0.6) is 0 Å². The third-order valence-electron chi connectivity index (χ3n) is 7.85. The molecule has 0 fully saturated rings. The second kappa shape index (κ2) is 27.7. The van der Waals surface area contributed by atoms with Gasteiger partial charge < -0.3 is 22.1 Å². The Balaban J connectivity index is 4.14. The molecule has 2 amide bonds. The van der Waals surface area contributed by atoms with Crippen LogP contribution in [0.25, 0.3) is 0 Å². The summed E-state index contributed by atoms with van der Waals surface area (Å²) in [5.74, 6) is -0.0732. The van der Waals surface area contributed by atoms with Crippen molar-refractivity contribution in [1.82, 2.24) is 10.6 Å².